The second-order valence-electron chi connectivity index (χ2n) is 5.40. The summed E-state index contributed by atoms with van der Waals surface area (Å²) in [6.07, 6.45) is 5.16. The van der Waals surface area contributed by atoms with Crippen molar-refractivity contribution >= 4 is 23.1 Å². The van der Waals surface area contributed by atoms with Crippen LogP contribution in [0.4, 0.5) is 5.69 Å². The van der Waals surface area contributed by atoms with Gasteiger partial charge in [-0.1, -0.05) is 11.6 Å². The summed E-state index contributed by atoms with van der Waals surface area (Å²) in [7, 11) is 0. The fourth-order valence-corrected chi connectivity index (χ4v) is 2.55. The van der Waals surface area contributed by atoms with Crippen LogP contribution in [0.15, 0.2) is 18.2 Å². The summed E-state index contributed by atoms with van der Waals surface area (Å²) in [5, 5.41) is 8.43. The summed E-state index contributed by atoms with van der Waals surface area (Å²) >= 11 is 6.10. The van der Waals surface area contributed by atoms with Crippen LogP contribution in [-0.2, 0) is 0 Å². The minimum Gasteiger partial charge on any atom is -0.384 e. The van der Waals surface area contributed by atoms with E-state index in [1.165, 1.54) is 25.7 Å². The number of nitrogens with two attached hydrogens (primary N) is 1. The molecule has 2 aliphatic rings. The summed E-state index contributed by atoms with van der Waals surface area (Å²) < 4.78 is 0. The van der Waals surface area contributed by atoms with E-state index in [1.807, 2.05) is 18.2 Å². The minimum absolute atomic E-state index is 0.128. The zero-order chi connectivity index (χ0) is 12.7. The molecule has 1 aromatic rings. The summed E-state index contributed by atoms with van der Waals surface area (Å²) in [6, 6.07) is 6.26. The Kier molecular flexibility index (Phi) is 2.94. The molecule has 0 unspecified atom stereocenters. The molecule has 0 saturated heterocycles. The van der Waals surface area contributed by atoms with Gasteiger partial charge >= 0.3 is 0 Å². The van der Waals surface area contributed by atoms with E-state index in [1.54, 1.807) is 0 Å². The maximum Gasteiger partial charge on any atom is 0.124 e. The molecule has 1 aromatic carbocycles. The van der Waals surface area contributed by atoms with E-state index in [9.17, 15) is 0 Å². The highest BCUT2D eigenvalue weighted by Gasteiger charge is 2.35. The minimum atomic E-state index is 0.128. The van der Waals surface area contributed by atoms with Crippen LogP contribution in [0.1, 0.15) is 31.2 Å². The van der Waals surface area contributed by atoms with Crippen LogP contribution in [-0.4, -0.2) is 18.4 Å². The van der Waals surface area contributed by atoms with Gasteiger partial charge in [0.15, 0.2) is 0 Å². The predicted molar refractivity (Wildman–Crippen MR) is 75.6 cm³/mol. The van der Waals surface area contributed by atoms with E-state index in [-0.39, 0.29) is 5.84 Å². The van der Waals surface area contributed by atoms with Crippen molar-refractivity contribution in [2.75, 3.05) is 11.4 Å². The largest absolute Gasteiger partial charge is 0.384 e. The Morgan fingerprint density at radius 3 is 2.61 bits per heavy atom. The van der Waals surface area contributed by atoms with E-state index in [2.05, 4.69) is 4.90 Å². The number of nitrogens with one attached hydrogen (secondary N) is 1. The van der Waals surface area contributed by atoms with Crippen molar-refractivity contribution in [2.24, 2.45) is 11.7 Å². The summed E-state index contributed by atoms with van der Waals surface area (Å²) in [4.78, 5) is 2.42. The average molecular weight is 264 g/mol. The van der Waals surface area contributed by atoms with E-state index in [0.717, 1.165) is 28.7 Å². The molecule has 2 saturated carbocycles. The lowest BCUT2D eigenvalue weighted by Gasteiger charge is -2.27. The lowest BCUT2D eigenvalue weighted by atomic mass is 10.1. The van der Waals surface area contributed by atoms with Gasteiger partial charge in [-0.3, -0.25) is 5.41 Å². The lowest BCUT2D eigenvalue weighted by molar-refractivity contribution is 0.718. The third-order valence-corrected chi connectivity index (χ3v) is 3.93. The van der Waals surface area contributed by atoms with Gasteiger partial charge in [0, 0.05) is 28.9 Å². The highest BCUT2D eigenvalue weighted by molar-refractivity contribution is 6.31. The fraction of sp³-hybridized carbons (Fsp3) is 0.500. The molecule has 0 bridgehead atoms. The van der Waals surface area contributed by atoms with Gasteiger partial charge in [-0.05, 0) is 49.8 Å². The molecule has 96 valence electrons. The standard InChI is InChI=1S/C14H18ClN3/c15-10-3-6-12(14(16)17)13(7-10)18(11-4-5-11)8-9-1-2-9/h3,6-7,9,11H,1-2,4-5,8H2,(H3,16,17). The van der Waals surface area contributed by atoms with Crippen molar-refractivity contribution in [1.82, 2.24) is 0 Å². The molecule has 18 heavy (non-hydrogen) atoms. The molecule has 3 rings (SSSR count). The maximum atomic E-state index is 7.71. The Morgan fingerprint density at radius 1 is 1.33 bits per heavy atom. The third kappa shape index (κ3) is 2.46. The van der Waals surface area contributed by atoms with Crippen LogP contribution in [0, 0.1) is 11.3 Å². The van der Waals surface area contributed by atoms with Gasteiger partial charge < -0.3 is 10.6 Å². The Bertz CT molecular complexity index is 478. The molecule has 4 heteroatoms. The van der Waals surface area contributed by atoms with Crippen LogP contribution >= 0.6 is 11.6 Å². The van der Waals surface area contributed by atoms with Gasteiger partial charge in [0.1, 0.15) is 5.84 Å². The molecular formula is C14H18ClN3. The smallest absolute Gasteiger partial charge is 0.124 e. The zero-order valence-electron chi connectivity index (χ0n) is 10.3. The molecule has 2 aliphatic carbocycles. The molecule has 0 spiro atoms. The lowest BCUT2D eigenvalue weighted by Crippen LogP contribution is -2.30. The van der Waals surface area contributed by atoms with Crippen molar-refractivity contribution < 1.29 is 0 Å². The third-order valence-electron chi connectivity index (χ3n) is 3.70. The number of hydrogen-bond acceptors (Lipinski definition) is 2. The number of rotatable bonds is 5. The van der Waals surface area contributed by atoms with E-state index in [0.29, 0.717) is 6.04 Å². The summed E-state index contributed by atoms with van der Waals surface area (Å²) in [5.41, 5.74) is 7.54. The van der Waals surface area contributed by atoms with E-state index in [4.69, 9.17) is 22.7 Å². The molecule has 3 nitrogen and oxygen atoms in total. The monoisotopic (exact) mass is 263 g/mol. The molecule has 0 radical (unpaired) electrons. The summed E-state index contributed by atoms with van der Waals surface area (Å²) in [5.74, 6) is 0.951. The number of anilines is 1. The SMILES string of the molecule is N=C(N)c1ccc(Cl)cc1N(CC1CC1)C1CC1. The first-order valence-corrected chi connectivity index (χ1v) is 6.93. The number of nitrogen functional groups attached to an aromatic ring is 1. The molecule has 0 aromatic heterocycles. The first kappa shape index (κ1) is 11.8. The van der Waals surface area contributed by atoms with Crippen molar-refractivity contribution in [1.29, 1.82) is 5.41 Å². The van der Waals surface area contributed by atoms with E-state index >= 15 is 0 Å². The first-order chi connectivity index (χ1) is 8.65. The number of halogens is 1. The number of hydrogen-bond donors (Lipinski definition) is 2. The van der Waals surface area contributed by atoms with Crippen molar-refractivity contribution in [3.63, 3.8) is 0 Å². The fourth-order valence-electron chi connectivity index (χ4n) is 2.38. The number of benzene rings is 1. The maximum absolute atomic E-state index is 7.71. The quantitative estimate of drug-likeness (QED) is 0.634. The predicted octanol–water partition coefficient (Wildman–Crippen LogP) is 3.00. The Balaban J connectivity index is 1.95. The van der Waals surface area contributed by atoms with Gasteiger partial charge in [-0.15, -0.1) is 0 Å². The zero-order valence-corrected chi connectivity index (χ0v) is 11.1. The van der Waals surface area contributed by atoms with Gasteiger partial charge in [0.2, 0.25) is 0 Å². The van der Waals surface area contributed by atoms with Gasteiger partial charge in [-0.2, -0.15) is 0 Å². The first-order valence-electron chi connectivity index (χ1n) is 6.55. The number of nitrogens with zero attached hydrogens (tertiary/aromatic N) is 1. The molecule has 0 amide bonds. The molecule has 2 fully saturated rings. The topological polar surface area (TPSA) is 53.1 Å². The van der Waals surface area contributed by atoms with E-state index < -0.39 is 0 Å². The van der Waals surface area contributed by atoms with Crippen molar-refractivity contribution in [3.05, 3.63) is 28.8 Å². The average Bonchev–Trinajstić information content (AvgIpc) is 3.18. The molecule has 0 heterocycles. The Morgan fingerprint density at radius 2 is 2.06 bits per heavy atom. The van der Waals surface area contributed by atoms with Crippen LogP contribution in [0.5, 0.6) is 0 Å². The number of amidine groups is 1. The highest BCUT2D eigenvalue weighted by atomic mass is 35.5. The Hall–Kier alpha value is -1.22. The Labute approximate surface area is 112 Å². The summed E-state index contributed by atoms with van der Waals surface area (Å²) in [6.45, 7) is 1.09. The second-order valence-corrected chi connectivity index (χ2v) is 5.84. The van der Waals surface area contributed by atoms with Crippen LogP contribution in [0.2, 0.25) is 5.02 Å². The van der Waals surface area contributed by atoms with Crippen LogP contribution < -0.4 is 10.6 Å². The van der Waals surface area contributed by atoms with Crippen LogP contribution in [0.3, 0.4) is 0 Å². The molecule has 0 aliphatic heterocycles. The van der Waals surface area contributed by atoms with Crippen molar-refractivity contribution in [3.8, 4) is 0 Å². The molecule has 3 N–H and O–H groups in total. The normalized spacial score (nSPS) is 18.7. The van der Waals surface area contributed by atoms with Gasteiger partial charge in [0.05, 0.1) is 0 Å². The highest BCUT2D eigenvalue weighted by Crippen LogP contribution is 2.39. The van der Waals surface area contributed by atoms with Gasteiger partial charge in [-0.25, -0.2) is 0 Å². The van der Waals surface area contributed by atoms with Crippen molar-refractivity contribution in [2.45, 2.75) is 31.7 Å². The van der Waals surface area contributed by atoms with Crippen LogP contribution in [0.25, 0.3) is 0 Å². The molecule has 0 atom stereocenters. The molecular weight excluding hydrogens is 246 g/mol. The second kappa shape index (κ2) is 4.47. The van der Waals surface area contributed by atoms with Gasteiger partial charge in [0.25, 0.3) is 0 Å².